The summed E-state index contributed by atoms with van der Waals surface area (Å²) in [5, 5.41) is 12.4. The summed E-state index contributed by atoms with van der Waals surface area (Å²) in [6, 6.07) is 10.2. The Kier molecular flexibility index (Phi) is 4.20. The van der Waals surface area contributed by atoms with E-state index in [4.69, 9.17) is 9.15 Å². The molecule has 1 atom stereocenters. The van der Waals surface area contributed by atoms with Crippen LogP contribution in [-0.2, 0) is 0 Å². The van der Waals surface area contributed by atoms with E-state index >= 15 is 0 Å². The summed E-state index contributed by atoms with van der Waals surface area (Å²) in [4.78, 5) is 12.0. The number of hydrogen-bond acceptors (Lipinski definition) is 4. The number of carbonyl (C=O) groups is 1. The zero-order chi connectivity index (χ0) is 13.7. The minimum Gasteiger partial charge on any atom is -0.496 e. The van der Waals surface area contributed by atoms with Gasteiger partial charge in [0.25, 0.3) is 5.91 Å². The quantitative estimate of drug-likeness (QED) is 0.860. The highest BCUT2D eigenvalue weighted by Gasteiger charge is 2.15. The third-order valence-corrected chi connectivity index (χ3v) is 2.68. The van der Waals surface area contributed by atoms with Gasteiger partial charge in [0.05, 0.1) is 25.5 Å². The van der Waals surface area contributed by atoms with Gasteiger partial charge in [-0.1, -0.05) is 12.1 Å². The minimum absolute atomic E-state index is 0.0738. The Morgan fingerprint density at radius 2 is 2.16 bits per heavy atom. The molecule has 1 aromatic heterocycles. The molecule has 2 rings (SSSR count). The van der Waals surface area contributed by atoms with Crippen molar-refractivity contribution >= 4 is 5.91 Å². The van der Waals surface area contributed by atoms with Gasteiger partial charge in [0.2, 0.25) is 0 Å². The largest absolute Gasteiger partial charge is 0.496 e. The van der Waals surface area contributed by atoms with E-state index in [0.717, 1.165) is 0 Å². The van der Waals surface area contributed by atoms with Gasteiger partial charge in [-0.2, -0.15) is 0 Å². The van der Waals surface area contributed by atoms with Crippen molar-refractivity contribution in [1.82, 2.24) is 5.32 Å². The SMILES string of the molecule is COc1ccccc1C(=O)NCC(O)c1ccco1. The van der Waals surface area contributed by atoms with Gasteiger partial charge in [-0.3, -0.25) is 4.79 Å². The van der Waals surface area contributed by atoms with E-state index in [1.165, 1.54) is 13.4 Å². The summed E-state index contributed by atoms with van der Waals surface area (Å²) >= 11 is 0. The molecule has 0 saturated heterocycles. The lowest BCUT2D eigenvalue weighted by Crippen LogP contribution is -2.28. The highest BCUT2D eigenvalue weighted by atomic mass is 16.5. The molecule has 2 N–H and O–H groups in total. The topological polar surface area (TPSA) is 71.7 Å². The summed E-state index contributed by atoms with van der Waals surface area (Å²) in [6.45, 7) is 0.0738. The molecule has 100 valence electrons. The van der Waals surface area contributed by atoms with Crippen LogP contribution in [0.4, 0.5) is 0 Å². The first-order chi connectivity index (χ1) is 9.22. The number of benzene rings is 1. The number of rotatable bonds is 5. The van der Waals surface area contributed by atoms with Crippen molar-refractivity contribution in [3.05, 3.63) is 54.0 Å². The first kappa shape index (κ1) is 13.2. The van der Waals surface area contributed by atoms with Crippen LogP contribution >= 0.6 is 0 Å². The second-order valence-electron chi connectivity index (χ2n) is 3.94. The third kappa shape index (κ3) is 3.14. The average Bonchev–Trinajstić information content (AvgIpc) is 2.98. The Hall–Kier alpha value is -2.27. The number of aliphatic hydroxyl groups is 1. The van der Waals surface area contributed by atoms with E-state index in [9.17, 15) is 9.90 Å². The number of ether oxygens (including phenoxy) is 1. The summed E-state index contributed by atoms with van der Waals surface area (Å²) in [6.07, 6.45) is 0.606. The van der Waals surface area contributed by atoms with Gasteiger partial charge in [0, 0.05) is 0 Å². The third-order valence-electron chi connectivity index (χ3n) is 2.68. The van der Waals surface area contributed by atoms with Gasteiger partial charge < -0.3 is 19.6 Å². The van der Waals surface area contributed by atoms with Crippen LogP contribution in [-0.4, -0.2) is 24.7 Å². The maximum atomic E-state index is 12.0. The van der Waals surface area contributed by atoms with Crippen LogP contribution < -0.4 is 10.1 Å². The van der Waals surface area contributed by atoms with Crippen molar-refractivity contribution in [3.63, 3.8) is 0 Å². The molecule has 0 bridgehead atoms. The van der Waals surface area contributed by atoms with Gasteiger partial charge in [0.1, 0.15) is 17.6 Å². The second-order valence-corrected chi connectivity index (χ2v) is 3.94. The van der Waals surface area contributed by atoms with Crippen molar-refractivity contribution < 1.29 is 19.1 Å². The summed E-state index contributed by atoms with van der Waals surface area (Å²) in [5.74, 6) is 0.607. The number of para-hydroxylation sites is 1. The predicted molar refractivity (Wildman–Crippen MR) is 69.0 cm³/mol. The van der Waals surface area contributed by atoms with Crippen molar-refractivity contribution in [1.29, 1.82) is 0 Å². The first-order valence-corrected chi connectivity index (χ1v) is 5.85. The molecule has 2 aromatic rings. The second kappa shape index (κ2) is 6.06. The molecule has 0 spiro atoms. The minimum atomic E-state index is -0.867. The molecule has 5 nitrogen and oxygen atoms in total. The van der Waals surface area contributed by atoms with Crippen LogP contribution in [0.2, 0.25) is 0 Å². The highest BCUT2D eigenvalue weighted by molar-refractivity contribution is 5.96. The maximum absolute atomic E-state index is 12.0. The Morgan fingerprint density at radius 3 is 2.84 bits per heavy atom. The Balaban J connectivity index is 1.98. The van der Waals surface area contributed by atoms with E-state index in [2.05, 4.69) is 5.32 Å². The predicted octanol–water partition coefficient (Wildman–Crippen LogP) is 1.75. The van der Waals surface area contributed by atoms with Crippen LogP contribution in [0.5, 0.6) is 5.75 Å². The molecular weight excluding hydrogens is 246 g/mol. The number of amides is 1. The van der Waals surface area contributed by atoms with Crippen molar-refractivity contribution in [2.24, 2.45) is 0 Å². The fraction of sp³-hybridized carbons (Fsp3) is 0.214. The van der Waals surface area contributed by atoms with Crippen LogP contribution in [0.1, 0.15) is 22.2 Å². The molecule has 19 heavy (non-hydrogen) atoms. The van der Waals surface area contributed by atoms with E-state index < -0.39 is 6.10 Å². The zero-order valence-corrected chi connectivity index (χ0v) is 10.5. The Labute approximate surface area is 110 Å². The van der Waals surface area contributed by atoms with Crippen LogP contribution in [0, 0.1) is 0 Å². The van der Waals surface area contributed by atoms with Crippen LogP contribution in [0.3, 0.4) is 0 Å². The van der Waals surface area contributed by atoms with E-state index in [-0.39, 0.29) is 12.5 Å². The molecular formula is C14H15NO4. The molecule has 0 saturated carbocycles. The lowest BCUT2D eigenvalue weighted by atomic mass is 10.2. The zero-order valence-electron chi connectivity index (χ0n) is 10.5. The van der Waals surface area contributed by atoms with E-state index in [1.807, 2.05) is 0 Å². The first-order valence-electron chi connectivity index (χ1n) is 5.85. The molecule has 0 aliphatic carbocycles. The van der Waals surface area contributed by atoms with Gasteiger partial charge in [-0.05, 0) is 24.3 Å². The lowest BCUT2D eigenvalue weighted by molar-refractivity contribution is 0.0898. The monoisotopic (exact) mass is 261 g/mol. The lowest BCUT2D eigenvalue weighted by Gasteiger charge is -2.11. The standard InChI is InChI=1S/C14H15NO4/c1-18-12-6-3-2-5-10(12)14(17)15-9-11(16)13-7-4-8-19-13/h2-8,11,16H,9H2,1H3,(H,15,17). The van der Waals surface area contributed by atoms with Crippen molar-refractivity contribution in [2.45, 2.75) is 6.10 Å². The number of methoxy groups -OCH3 is 1. The summed E-state index contributed by atoms with van der Waals surface area (Å²) < 4.78 is 10.2. The van der Waals surface area contributed by atoms with Crippen molar-refractivity contribution in [2.75, 3.05) is 13.7 Å². The summed E-state index contributed by atoms with van der Waals surface area (Å²) in [7, 11) is 1.50. The number of furan rings is 1. The molecule has 0 aliphatic rings. The molecule has 5 heteroatoms. The van der Waals surface area contributed by atoms with Crippen LogP contribution in [0.25, 0.3) is 0 Å². The van der Waals surface area contributed by atoms with Crippen LogP contribution in [0.15, 0.2) is 47.1 Å². The Bertz CT molecular complexity index is 536. The van der Waals surface area contributed by atoms with Gasteiger partial charge in [0.15, 0.2) is 0 Å². The summed E-state index contributed by atoms with van der Waals surface area (Å²) in [5.41, 5.74) is 0.427. The molecule has 1 heterocycles. The number of hydrogen-bond donors (Lipinski definition) is 2. The number of aliphatic hydroxyl groups excluding tert-OH is 1. The average molecular weight is 261 g/mol. The molecule has 0 aliphatic heterocycles. The van der Waals surface area contributed by atoms with Gasteiger partial charge in [-0.25, -0.2) is 0 Å². The molecule has 0 radical (unpaired) electrons. The maximum Gasteiger partial charge on any atom is 0.255 e. The smallest absolute Gasteiger partial charge is 0.255 e. The Morgan fingerprint density at radius 1 is 1.37 bits per heavy atom. The highest BCUT2D eigenvalue weighted by Crippen LogP contribution is 2.17. The number of carbonyl (C=O) groups excluding carboxylic acids is 1. The number of nitrogens with one attached hydrogen (secondary N) is 1. The fourth-order valence-corrected chi connectivity index (χ4v) is 1.70. The molecule has 1 unspecified atom stereocenters. The molecule has 1 aromatic carbocycles. The van der Waals surface area contributed by atoms with Crippen molar-refractivity contribution in [3.8, 4) is 5.75 Å². The van der Waals surface area contributed by atoms with Gasteiger partial charge in [-0.15, -0.1) is 0 Å². The normalized spacial score (nSPS) is 11.9. The molecule has 0 fully saturated rings. The van der Waals surface area contributed by atoms with E-state index in [0.29, 0.717) is 17.1 Å². The molecule has 1 amide bonds. The van der Waals surface area contributed by atoms with E-state index in [1.54, 1.807) is 36.4 Å². The van der Waals surface area contributed by atoms with Gasteiger partial charge >= 0.3 is 0 Å². The fourth-order valence-electron chi connectivity index (χ4n) is 1.70.